The first-order chi connectivity index (χ1) is 14.2. The van der Waals surface area contributed by atoms with Gasteiger partial charge in [0, 0.05) is 18.8 Å². The Bertz CT molecular complexity index is 957. The number of nitro benzene ring substituents is 1. The lowest BCUT2D eigenvalue weighted by Crippen LogP contribution is -2.37. The van der Waals surface area contributed by atoms with Gasteiger partial charge >= 0.3 is 11.7 Å². The number of hydrogen-bond donors (Lipinski definition) is 1. The topological polar surface area (TPSA) is 128 Å². The number of aryl methyl sites for hydroxylation is 1. The lowest BCUT2D eigenvalue weighted by atomic mass is 10.2. The Kier molecular flexibility index (Phi) is 7.45. The highest BCUT2D eigenvalue weighted by molar-refractivity contribution is 5.95. The van der Waals surface area contributed by atoms with Crippen molar-refractivity contribution in [1.82, 2.24) is 4.90 Å². The fourth-order valence-corrected chi connectivity index (χ4v) is 2.42. The van der Waals surface area contributed by atoms with Gasteiger partial charge in [-0.2, -0.15) is 0 Å². The van der Waals surface area contributed by atoms with Crippen molar-refractivity contribution in [2.75, 3.05) is 32.6 Å². The van der Waals surface area contributed by atoms with Crippen LogP contribution in [0.2, 0.25) is 0 Å². The van der Waals surface area contributed by atoms with Crippen LogP contribution >= 0.6 is 0 Å². The zero-order valence-corrected chi connectivity index (χ0v) is 16.7. The van der Waals surface area contributed by atoms with E-state index in [2.05, 4.69) is 5.32 Å². The molecule has 0 fully saturated rings. The molecule has 10 heteroatoms. The zero-order valence-electron chi connectivity index (χ0n) is 16.7. The largest absolute Gasteiger partial charge is 0.490 e. The first-order valence-electron chi connectivity index (χ1n) is 8.81. The molecule has 0 saturated carbocycles. The summed E-state index contributed by atoms with van der Waals surface area (Å²) in [6.07, 6.45) is 0. The van der Waals surface area contributed by atoms with Crippen molar-refractivity contribution >= 4 is 29.2 Å². The van der Waals surface area contributed by atoms with Gasteiger partial charge in [-0.25, -0.2) is 4.79 Å². The van der Waals surface area contributed by atoms with Crippen LogP contribution in [0.25, 0.3) is 0 Å². The van der Waals surface area contributed by atoms with Gasteiger partial charge in [-0.15, -0.1) is 0 Å². The van der Waals surface area contributed by atoms with Crippen molar-refractivity contribution in [3.05, 3.63) is 63.7 Å². The third kappa shape index (κ3) is 6.03. The monoisotopic (exact) mass is 415 g/mol. The number of nitrogens with zero attached hydrogens (tertiary/aromatic N) is 2. The average Bonchev–Trinajstić information content (AvgIpc) is 2.72. The van der Waals surface area contributed by atoms with Gasteiger partial charge in [-0.05, 0) is 31.2 Å². The lowest BCUT2D eigenvalue weighted by molar-refractivity contribution is -0.385. The fourth-order valence-electron chi connectivity index (χ4n) is 2.42. The van der Waals surface area contributed by atoms with E-state index in [9.17, 15) is 24.5 Å². The summed E-state index contributed by atoms with van der Waals surface area (Å²) < 4.78 is 9.77. The van der Waals surface area contributed by atoms with Gasteiger partial charge in [-0.3, -0.25) is 19.7 Å². The summed E-state index contributed by atoms with van der Waals surface area (Å²) in [6, 6.07) is 10.7. The molecule has 2 rings (SSSR count). The van der Waals surface area contributed by atoms with Crippen LogP contribution in [0.5, 0.6) is 5.75 Å². The number of amides is 2. The van der Waals surface area contributed by atoms with Crippen LogP contribution in [0.4, 0.5) is 11.4 Å². The molecule has 0 saturated heterocycles. The number of rotatable bonds is 8. The summed E-state index contributed by atoms with van der Waals surface area (Å²) in [7, 11) is 2.66. The Labute approximate surface area is 172 Å². The molecule has 0 aliphatic carbocycles. The molecule has 0 unspecified atom stereocenters. The maximum atomic E-state index is 12.1. The predicted molar refractivity (Wildman–Crippen MR) is 107 cm³/mol. The SMILES string of the molecule is COc1ccc(C(=O)OCC(=O)N(C)CC(=O)Nc2ccc(C)cc2)cc1[N+](=O)[O-]. The minimum absolute atomic E-state index is 0.00745. The Morgan fingerprint density at radius 3 is 2.40 bits per heavy atom. The van der Waals surface area contributed by atoms with Crippen LogP contribution in [-0.2, 0) is 14.3 Å². The fraction of sp³-hybridized carbons (Fsp3) is 0.250. The molecule has 2 aromatic rings. The number of ether oxygens (including phenoxy) is 2. The van der Waals surface area contributed by atoms with Gasteiger partial charge < -0.3 is 19.7 Å². The van der Waals surface area contributed by atoms with Gasteiger partial charge in [0.2, 0.25) is 5.91 Å². The number of esters is 1. The Hall–Kier alpha value is -3.95. The zero-order chi connectivity index (χ0) is 22.3. The second kappa shape index (κ2) is 10.0. The van der Waals surface area contributed by atoms with Gasteiger partial charge in [0.05, 0.1) is 24.1 Å². The molecule has 2 aromatic carbocycles. The molecular formula is C20H21N3O7. The second-order valence-electron chi connectivity index (χ2n) is 6.38. The molecule has 0 aliphatic heterocycles. The van der Waals surface area contributed by atoms with Crippen LogP contribution < -0.4 is 10.1 Å². The van der Waals surface area contributed by atoms with Gasteiger partial charge in [0.1, 0.15) is 0 Å². The molecule has 0 aromatic heterocycles. The van der Waals surface area contributed by atoms with E-state index >= 15 is 0 Å². The molecule has 30 heavy (non-hydrogen) atoms. The van der Waals surface area contributed by atoms with Gasteiger partial charge in [0.15, 0.2) is 12.4 Å². The van der Waals surface area contributed by atoms with E-state index in [1.165, 1.54) is 26.3 Å². The number of carbonyl (C=O) groups excluding carboxylic acids is 3. The number of methoxy groups -OCH3 is 1. The average molecular weight is 415 g/mol. The van der Waals surface area contributed by atoms with Crippen molar-refractivity contribution in [1.29, 1.82) is 0 Å². The third-order valence-corrected chi connectivity index (χ3v) is 4.08. The van der Waals surface area contributed by atoms with E-state index in [1.807, 2.05) is 19.1 Å². The van der Waals surface area contributed by atoms with E-state index in [4.69, 9.17) is 9.47 Å². The minimum atomic E-state index is -0.911. The molecule has 158 valence electrons. The van der Waals surface area contributed by atoms with Gasteiger partial charge in [-0.1, -0.05) is 17.7 Å². The summed E-state index contributed by atoms with van der Waals surface area (Å²) in [4.78, 5) is 47.7. The first kappa shape index (κ1) is 22.3. The van der Waals surface area contributed by atoms with Crippen LogP contribution in [0.1, 0.15) is 15.9 Å². The molecule has 0 spiro atoms. The van der Waals surface area contributed by atoms with E-state index in [1.54, 1.807) is 12.1 Å². The van der Waals surface area contributed by atoms with E-state index in [0.29, 0.717) is 5.69 Å². The van der Waals surface area contributed by atoms with Crippen LogP contribution in [-0.4, -0.2) is 54.9 Å². The predicted octanol–water partition coefficient (Wildman–Crippen LogP) is 2.17. The summed E-state index contributed by atoms with van der Waals surface area (Å²) in [5, 5.41) is 13.7. The molecule has 0 bridgehead atoms. The number of likely N-dealkylation sites (N-methyl/N-ethyl adjacent to an activating group) is 1. The minimum Gasteiger partial charge on any atom is -0.490 e. The molecule has 0 atom stereocenters. The van der Waals surface area contributed by atoms with Gasteiger partial charge in [0.25, 0.3) is 5.91 Å². The van der Waals surface area contributed by atoms with Crippen molar-refractivity contribution < 1.29 is 28.8 Å². The highest BCUT2D eigenvalue weighted by atomic mass is 16.6. The van der Waals surface area contributed by atoms with Crippen molar-refractivity contribution in [2.45, 2.75) is 6.92 Å². The molecule has 0 heterocycles. The molecule has 0 aliphatic rings. The molecule has 10 nitrogen and oxygen atoms in total. The summed E-state index contributed by atoms with van der Waals surface area (Å²) in [6.45, 7) is 1.06. The Balaban J connectivity index is 1.89. The Morgan fingerprint density at radius 1 is 1.13 bits per heavy atom. The number of carbonyl (C=O) groups is 3. The highest BCUT2D eigenvalue weighted by Crippen LogP contribution is 2.27. The maximum absolute atomic E-state index is 12.1. The summed E-state index contributed by atoms with van der Waals surface area (Å²) in [5.41, 5.74) is 1.14. The lowest BCUT2D eigenvalue weighted by Gasteiger charge is -2.17. The molecular weight excluding hydrogens is 394 g/mol. The maximum Gasteiger partial charge on any atom is 0.338 e. The number of hydrogen-bond acceptors (Lipinski definition) is 7. The van der Waals surface area contributed by atoms with Crippen LogP contribution in [0.3, 0.4) is 0 Å². The number of nitro groups is 1. The summed E-state index contributed by atoms with van der Waals surface area (Å²) >= 11 is 0. The third-order valence-electron chi connectivity index (χ3n) is 4.08. The number of benzene rings is 2. The quantitative estimate of drug-likeness (QED) is 0.397. The molecule has 1 N–H and O–H groups in total. The number of nitrogens with one attached hydrogen (secondary N) is 1. The van der Waals surface area contributed by atoms with E-state index in [0.717, 1.165) is 16.5 Å². The van der Waals surface area contributed by atoms with Crippen molar-refractivity contribution in [3.63, 3.8) is 0 Å². The normalized spacial score (nSPS) is 10.1. The first-order valence-corrected chi connectivity index (χ1v) is 8.81. The van der Waals surface area contributed by atoms with E-state index < -0.39 is 35.0 Å². The smallest absolute Gasteiger partial charge is 0.338 e. The van der Waals surface area contributed by atoms with Crippen molar-refractivity contribution in [2.24, 2.45) is 0 Å². The summed E-state index contributed by atoms with van der Waals surface area (Å²) in [5.74, 6) is -1.93. The second-order valence-corrected chi connectivity index (χ2v) is 6.38. The van der Waals surface area contributed by atoms with Crippen LogP contribution in [0.15, 0.2) is 42.5 Å². The van der Waals surface area contributed by atoms with Crippen LogP contribution in [0, 0.1) is 17.0 Å². The van der Waals surface area contributed by atoms with Crippen molar-refractivity contribution in [3.8, 4) is 5.75 Å². The standard InChI is InChI=1S/C20H21N3O7/c1-13-4-7-15(8-5-13)21-18(24)11-22(2)19(25)12-30-20(26)14-6-9-17(29-3)16(10-14)23(27)28/h4-10H,11-12H2,1-3H3,(H,21,24). The number of anilines is 1. The van der Waals surface area contributed by atoms with E-state index in [-0.39, 0.29) is 17.9 Å². The Morgan fingerprint density at radius 2 is 1.80 bits per heavy atom. The molecule has 0 radical (unpaired) electrons. The highest BCUT2D eigenvalue weighted by Gasteiger charge is 2.20. The molecule has 2 amide bonds.